The molecule has 96 valence electrons. The van der Waals surface area contributed by atoms with Gasteiger partial charge < -0.3 is 4.74 Å². The molecule has 2 nitrogen and oxygen atoms in total. The minimum atomic E-state index is -0.701. The fraction of sp³-hybridized carbons (Fsp3) is 0.500. The first-order valence-corrected chi connectivity index (χ1v) is 6.27. The number of carbonyl (C=O) groups is 1. The average Bonchev–Trinajstić information content (AvgIpc) is 2.66. The van der Waals surface area contributed by atoms with Gasteiger partial charge in [-0.05, 0) is 37.8 Å². The van der Waals surface area contributed by atoms with Gasteiger partial charge in [0.2, 0.25) is 0 Å². The summed E-state index contributed by atoms with van der Waals surface area (Å²) in [5.41, 5.74) is 0.138. The van der Waals surface area contributed by atoms with Gasteiger partial charge in [-0.1, -0.05) is 0 Å². The van der Waals surface area contributed by atoms with E-state index in [1.807, 2.05) is 0 Å². The second-order valence-electron chi connectivity index (χ2n) is 5.15. The summed E-state index contributed by atoms with van der Waals surface area (Å²) in [4.78, 5) is 12.2. The molecule has 2 aliphatic rings. The van der Waals surface area contributed by atoms with Crippen LogP contribution in [0.3, 0.4) is 0 Å². The predicted octanol–water partition coefficient (Wildman–Crippen LogP) is 3.11. The van der Waals surface area contributed by atoms with Crippen molar-refractivity contribution in [1.29, 1.82) is 0 Å². The molecule has 4 heteroatoms. The van der Waals surface area contributed by atoms with Crippen molar-refractivity contribution in [3.8, 4) is 0 Å². The molecule has 2 saturated heterocycles. The Morgan fingerprint density at radius 1 is 1.06 bits per heavy atom. The van der Waals surface area contributed by atoms with Crippen molar-refractivity contribution in [2.45, 2.75) is 37.9 Å². The molecule has 0 N–H and O–H groups in total. The van der Waals surface area contributed by atoms with Crippen molar-refractivity contribution in [3.63, 3.8) is 0 Å². The highest BCUT2D eigenvalue weighted by Gasteiger charge is 2.38. The van der Waals surface area contributed by atoms with Crippen LogP contribution < -0.4 is 0 Å². The lowest BCUT2D eigenvalue weighted by Gasteiger charge is -2.27. The van der Waals surface area contributed by atoms with Crippen LogP contribution in [0.2, 0.25) is 0 Å². The fourth-order valence-electron chi connectivity index (χ4n) is 3.00. The smallest absolute Gasteiger partial charge is 0.166 e. The molecule has 2 atom stereocenters. The van der Waals surface area contributed by atoms with Crippen molar-refractivity contribution in [2.75, 3.05) is 0 Å². The average molecular weight is 252 g/mol. The van der Waals surface area contributed by atoms with Crippen LogP contribution in [0.25, 0.3) is 0 Å². The van der Waals surface area contributed by atoms with Gasteiger partial charge in [0.1, 0.15) is 11.6 Å². The quantitative estimate of drug-likeness (QED) is 0.756. The van der Waals surface area contributed by atoms with Gasteiger partial charge >= 0.3 is 0 Å². The Balaban J connectivity index is 1.81. The number of benzene rings is 1. The van der Waals surface area contributed by atoms with E-state index >= 15 is 0 Å². The van der Waals surface area contributed by atoms with Gasteiger partial charge in [-0.15, -0.1) is 0 Å². The number of fused-ring (bicyclic) bond motifs is 2. The molecule has 0 radical (unpaired) electrons. The van der Waals surface area contributed by atoms with E-state index in [1.54, 1.807) is 0 Å². The number of halogens is 2. The maximum Gasteiger partial charge on any atom is 0.166 e. The number of ketones is 1. The Morgan fingerprint density at radius 3 is 2.17 bits per heavy atom. The molecule has 2 unspecified atom stereocenters. The molecule has 0 spiro atoms. The van der Waals surface area contributed by atoms with Gasteiger partial charge in [-0.25, -0.2) is 8.78 Å². The fourth-order valence-corrected chi connectivity index (χ4v) is 3.00. The summed E-state index contributed by atoms with van der Waals surface area (Å²) in [6.45, 7) is 0. The zero-order valence-corrected chi connectivity index (χ0v) is 9.86. The number of carbonyl (C=O) groups excluding carboxylic acids is 1. The first kappa shape index (κ1) is 11.8. The number of hydrogen-bond acceptors (Lipinski definition) is 2. The molecule has 2 fully saturated rings. The summed E-state index contributed by atoms with van der Waals surface area (Å²) in [5, 5.41) is 0. The SMILES string of the molecule is O=C(c1cc(F)cc(F)c1)C1CC2CCC(C1)O2. The Morgan fingerprint density at radius 2 is 1.61 bits per heavy atom. The van der Waals surface area contributed by atoms with Gasteiger partial charge in [0, 0.05) is 17.5 Å². The van der Waals surface area contributed by atoms with Crippen molar-refractivity contribution in [3.05, 3.63) is 35.4 Å². The predicted molar refractivity (Wildman–Crippen MR) is 61.3 cm³/mol. The highest BCUT2D eigenvalue weighted by atomic mass is 19.1. The second-order valence-corrected chi connectivity index (χ2v) is 5.15. The van der Waals surface area contributed by atoms with E-state index < -0.39 is 11.6 Å². The van der Waals surface area contributed by atoms with Crippen molar-refractivity contribution >= 4 is 5.78 Å². The van der Waals surface area contributed by atoms with Crippen LogP contribution in [0.15, 0.2) is 18.2 Å². The van der Waals surface area contributed by atoms with Crippen LogP contribution in [0.4, 0.5) is 8.78 Å². The lowest BCUT2D eigenvalue weighted by atomic mass is 9.88. The second kappa shape index (κ2) is 4.43. The standard InChI is InChI=1S/C14H14F2O2/c15-10-3-8(4-11(16)7-10)14(17)9-5-12-1-2-13(6-9)18-12/h3-4,7,9,12-13H,1-2,5-6H2. The number of hydrogen-bond donors (Lipinski definition) is 0. The van der Waals surface area contributed by atoms with E-state index in [4.69, 9.17) is 4.74 Å². The largest absolute Gasteiger partial charge is 0.375 e. The van der Waals surface area contributed by atoms with Crippen molar-refractivity contribution < 1.29 is 18.3 Å². The zero-order chi connectivity index (χ0) is 12.7. The molecule has 2 aliphatic heterocycles. The van der Waals surface area contributed by atoms with Gasteiger partial charge in [0.05, 0.1) is 12.2 Å². The molecular weight excluding hydrogens is 238 g/mol. The van der Waals surface area contributed by atoms with Crippen LogP contribution in [0.1, 0.15) is 36.0 Å². The highest BCUT2D eigenvalue weighted by Crippen LogP contribution is 2.37. The van der Waals surface area contributed by atoms with Gasteiger partial charge in [-0.3, -0.25) is 4.79 Å². The summed E-state index contributed by atoms with van der Waals surface area (Å²) < 4.78 is 31.9. The number of rotatable bonds is 2. The Bertz CT molecular complexity index is 454. The van der Waals surface area contributed by atoms with E-state index in [0.717, 1.165) is 31.0 Å². The minimum Gasteiger partial charge on any atom is -0.375 e. The first-order valence-electron chi connectivity index (χ1n) is 6.27. The molecule has 2 bridgehead atoms. The summed E-state index contributed by atoms with van der Waals surface area (Å²) in [6, 6.07) is 3.01. The minimum absolute atomic E-state index is 0.138. The molecule has 0 aromatic heterocycles. The van der Waals surface area contributed by atoms with Crippen LogP contribution in [-0.4, -0.2) is 18.0 Å². The summed E-state index contributed by atoms with van der Waals surface area (Å²) in [7, 11) is 0. The third-order valence-electron chi connectivity index (χ3n) is 3.81. The molecule has 0 saturated carbocycles. The maximum atomic E-state index is 13.1. The molecule has 3 rings (SSSR count). The van der Waals surface area contributed by atoms with Crippen LogP contribution in [-0.2, 0) is 4.74 Å². The monoisotopic (exact) mass is 252 g/mol. The lowest BCUT2D eigenvalue weighted by molar-refractivity contribution is -0.0149. The lowest BCUT2D eigenvalue weighted by Crippen LogP contribution is -2.30. The molecular formula is C14H14F2O2. The van der Waals surface area contributed by atoms with Gasteiger partial charge in [0.15, 0.2) is 5.78 Å². The molecule has 1 aromatic rings. The Hall–Kier alpha value is -1.29. The third kappa shape index (κ3) is 2.17. The first-order chi connectivity index (χ1) is 8.61. The van der Waals surface area contributed by atoms with E-state index in [9.17, 15) is 13.6 Å². The van der Waals surface area contributed by atoms with E-state index in [1.165, 1.54) is 0 Å². The summed E-state index contributed by atoms with van der Waals surface area (Å²) >= 11 is 0. The van der Waals surface area contributed by atoms with Crippen molar-refractivity contribution in [1.82, 2.24) is 0 Å². The van der Waals surface area contributed by atoms with Crippen LogP contribution in [0, 0.1) is 17.6 Å². The molecule has 2 heterocycles. The molecule has 0 aliphatic carbocycles. The summed E-state index contributed by atoms with van der Waals surface area (Å²) in [6.07, 6.45) is 3.63. The van der Waals surface area contributed by atoms with E-state index in [-0.39, 0.29) is 29.5 Å². The third-order valence-corrected chi connectivity index (χ3v) is 3.81. The topological polar surface area (TPSA) is 26.3 Å². The molecule has 18 heavy (non-hydrogen) atoms. The Kier molecular flexibility index (Phi) is 2.90. The van der Waals surface area contributed by atoms with Crippen LogP contribution >= 0.6 is 0 Å². The highest BCUT2D eigenvalue weighted by molar-refractivity contribution is 5.98. The molecule has 1 aromatic carbocycles. The van der Waals surface area contributed by atoms with E-state index in [2.05, 4.69) is 0 Å². The van der Waals surface area contributed by atoms with Crippen LogP contribution in [0.5, 0.6) is 0 Å². The maximum absolute atomic E-state index is 13.1. The molecule has 0 amide bonds. The van der Waals surface area contributed by atoms with Gasteiger partial charge in [0.25, 0.3) is 0 Å². The normalized spacial score (nSPS) is 30.4. The zero-order valence-electron chi connectivity index (χ0n) is 9.86. The number of ether oxygens (including phenoxy) is 1. The summed E-state index contributed by atoms with van der Waals surface area (Å²) in [5.74, 6) is -1.71. The van der Waals surface area contributed by atoms with Crippen molar-refractivity contribution in [2.24, 2.45) is 5.92 Å². The van der Waals surface area contributed by atoms with E-state index in [0.29, 0.717) is 12.8 Å². The Labute approximate surface area is 104 Å². The van der Waals surface area contributed by atoms with Gasteiger partial charge in [-0.2, -0.15) is 0 Å². The number of Topliss-reactive ketones (excluding diaryl/α,β-unsaturated/α-hetero) is 1.